The molecule has 25 heavy (non-hydrogen) atoms. The van der Waals surface area contributed by atoms with Crippen molar-refractivity contribution in [1.82, 2.24) is 9.78 Å². The third-order valence-corrected chi connectivity index (χ3v) is 4.67. The number of hydrogen-bond donors (Lipinski definition) is 1. The number of aromatic nitrogens is 2. The fourth-order valence-corrected chi connectivity index (χ4v) is 3.36. The molecule has 1 aliphatic carbocycles. The molecule has 1 aromatic heterocycles. The quantitative estimate of drug-likeness (QED) is 0.729. The van der Waals surface area contributed by atoms with Gasteiger partial charge < -0.3 is 10.1 Å². The molecule has 2 aromatic rings. The number of rotatable bonds is 8. The summed E-state index contributed by atoms with van der Waals surface area (Å²) in [7, 11) is 0. The first-order valence-electron chi connectivity index (χ1n) is 9.31. The second-order valence-electron chi connectivity index (χ2n) is 6.53. The van der Waals surface area contributed by atoms with Crippen molar-refractivity contribution in [2.45, 2.75) is 51.4 Å². The van der Waals surface area contributed by atoms with E-state index in [4.69, 9.17) is 9.84 Å². The summed E-state index contributed by atoms with van der Waals surface area (Å²) in [6.07, 6.45) is 6.10. The maximum absolute atomic E-state index is 12.3. The van der Waals surface area contributed by atoms with Crippen LogP contribution in [0.2, 0.25) is 0 Å². The van der Waals surface area contributed by atoms with Crippen molar-refractivity contribution in [2.75, 3.05) is 18.5 Å². The first-order valence-corrected chi connectivity index (χ1v) is 9.31. The van der Waals surface area contributed by atoms with Crippen LogP contribution in [0.3, 0.4) is 0 Å². The van der Waals surface area contributed by atoms with Crippen LogP contribution in [0.5, 0.6) is 0 Å². The molecule has 1 amide bonds. The molecule has 1 aromatic carbocycles. The first-order chi connectivity index (χ1) is 12.3. The first kappa shape index (κ1) is 17.7. The Balaban J connectivity index is 1.75. The van der Waals surface area contributed by atoms with E-state index < -0.39 is 0 Å². The Morgan fingerprint density at radius 1 is 1.28 bits per heavy atom. The van der Waals surface area contributed by atoms with Gasteiger partial charge in [-0.25, -0.2) is 4.68 Å². The van der Waals surface area contributed by atoms with Gasteiger partial charge in [-0.15, -0.1) is 0 Å². The summed E-state index contributed by atoms with van der Waals surface area (Å²) in [4.78, 5) is 12.3. The van der Waals surface area contributed by atoms with Crippen molar-refractivity contribution < 1.29 is 9.53 Å². The van der Waals surface area contributed by atoms with Gasteiger partial charge in [0, 0.05) is 31.6 Å². The van der Waals surface area contributed by atoms with Crippen LogP contribution in [0.4, 0.5) is 5.82 Å². The molecule has 0 atom stereocenters. The Morgan fingerprint density at radius 3 is 2.76 bits per heavy atom. The highest BCUT2D eigenvalue weighted by Crippen LogP contribution is 2.35. The van der Waals surface area contributed by atoms with Crippen LogP contribution < -0.4 is 5.32 Å². The van der Waals surface area contributed by atoms with Crippen molar-refractivity contribution in [3.8, 4) is 5.69 Å². The van der Waals surface area contributed by atoms with Crippen LogP contribution in [0, 0.1) is 0 Å². The molecular weight excluding hydrogens is 314 g/mol. The van der Waals surface area contributed by atoms with Gasteiger partial charge in [0.1, 0.15) is 5.82 Å². The maximum atomic E-state index is 12.3. The second-order valence-corrected chi connectivity index (χ2v) is 6.53. The van der Waals surface area contributed by atoms with Crippen molar-refractivity contribution in [1.29, 1.82) is 0 Å². The van der Waals surface area contributed by atoms with Crippen LogP contribution in [0.1, 0.15) is 57.1 Å². The summed E-state index contributed by atoms with van der Waals surface area (Å²) in [6.45, 7) is 3.27. The monoisotopic (exact) mass is 341 g/mol. The number of carbonyl (C=O) groups is 1. The Labute approximate surface area is 149 Å². The number of carbonyl (C=O) groups excluding carboxylic acids is 1. The van der Waals surface area contributed by atoms with Gasteiger partial charge in [-0.05, 0) is 38.3 Å². The number of para-hydroxylation sites is 1. The molecule has 0 bridgehead atoms. The molecule has 5 heteroatoms. The van der Waals surface area contributed by atoms with Crippen LogP contribution in [0.15, 0.2) is 36.4 Å². The van der Waals surface area contributed by atoms with E-state index in [9.17, 15) is 4.79 Å². The highest BCUT2D eigenvalue weighted by atomic mass is 16.5. The average Bonchev–Trinajstić information content (AvgIpc) is 3.29. The minimum Gasteiger partial charge on any atom is -0.382 e. The van der Waals surface area contributed by atoms with Gasteiger partial charge in [-0.2, -0.15) is 5.10 Å². The molecule has 1 N–H and O–H groups in total. The fourth-order valence-electron chi connectivity index (χ4n) is 3.36. The van der Waals surface area contributed by atoms with Gasteiger partial charge in [0.15, 0.2) is 0 Å². The van der Waals surface area contributed by atoms with E-state index in [1.165, 1.54) is 25.7 Å². The molecular formula is C20H27N3O2. The zero-order valence-corrected chi connectivity index (χ0v) is 14.9. The Kier molecular flexibility index (Phi) is 6.23. The Morgan fingerprint density at radius 2 is 2.04 bits per heavy atom. The third-order valence-electron chi connectivity index (χ3n) is 4.67. The predicted molar refractivity (Wildman–Crippen MR) is 99.1 cm³/mol. The van der Waals surface area contributed by atoms with E-state index in [0.717, 1.165) is 23.6 Å². The molecule has 0 aliphatic heterocycles. The molecule has 0 spiro atoms. The van der Waals surface area contributed by atoms with Gasteiger partial charge in [0.25, 0.3) is 0 Å². The minimum atomic E-state index is 0.00903. The summed E-state index contributed by atoms with van der Waals surface area (Å²) >= 11 is 0. The number of hydrogen-bond acceptors (Lipinski definition) is 3. The number of nitrogens with zero attached hydrogens (tertiary/aromatic N) is 2. The van der Waals surface area contributed by atoms with E-state index in [2.05, 4.69) is 5.32 Å². The van der Waals surface area contributed by atoms with E-state index in [0.29, 0.717) is 25.6 Å². The second kappa shape index (κ2) is 8.81. The van der Waals surface area contributed by atoms with E-state index in [1.54, 1.807) is 0 Å². The van der Waals surface area contributed by atoms with Crippen LogP contribution >= 0.6 is 0 Å². The molecule has 1 heterocycles. The van der Waals surface area contributed by atoms with Crippen molar-refractivity contribution in [2.24, 2.45) is 0 Å². The minimum absolute atomic E-state index is 0.00903. The molecule has 0 saturated heterocycles. The van der Waals surface area contributed by atoms with Crippen LogP contribution in [-0.2, 0) is 9.53 Å². The molecule has 1 saturated carbocycles. The molecule has 0 unspecified atom stereocenters. The molecule has 0 radical (unpaired) electrons. The number of amides is 1. The van der Waals surface area contributed by atoms with Crippen molar-refractivity contribution >= 4 is 11.7 Å². The Hall–Kier alpha value is -2.14. The summed E-state index contributed by atoms with van der Waals surface area (Å²) in [5.41, 5.74) is 2.06. The smallest absolute Gasteiger partial charge is 0.225 e. The molecule has 1 fully saturated rings. The highest BCUT2D eigenvalue weighted by molar-refractivity contribution is 5.90. The van der Waals surface area contributed by atoms with Gasteiger partial charge in [0.2, 0.25) is 5.91 Å². The zero-order valence-electron chi connectivity index (χ0n) is 14.9. The van der Waals surface area contributed by atoms with Crippen LogP contribution in [-0.4, -0.2) is 28.9 Å². The van der Waals surface area contributed by atoms with Gasteiger partial charge in [-0.1, -0.05) is 31.0 Å². The lowest BCUT2D eigenvalue weighted by atomic mass is 10.0. The van der Waals surface area contributed by atoms with Crippen molar-refractivity contribution in [3.05, 3.63) is 42.1 Å². The topological polar surface area (TPSA) is 56.1 Å². The lowest BCUT2D eigenvalue weighted by Crippen LogP contribution is -2.15. The number of benzene rings is 1. The summed E-state index contributed by atoms with van der Waals surface area (Å²) in [6, 6.07) is 12.0. The SMILES string of the molecule is CCOCCCC(=O)Nc1cc(C2CCCC2)nn1-c1ccccc1. The molecule has 1 aliphatic rings. The van der Waals surface area contributed by atoms with E-state index in [-0.39, 0.29) is 5.91 Å². The summed E-state index contributed by atoms with van der Waals surface area (Å²) in [5.74, 6) is 1.28. The predicted octanol–water partition coefficient (Wildman–Crippen LogP) is 4.29. The average molecular weight is 341 g/mol. The van der Waals surface area contributed by atoms with E-state index in [1.807, 2.05) is 48.0 Å². The Bertz CT molecular complexity index is 676. The van der Waals surface area contributed by atoms with E-state index >= 15 is 0 Å². The fraction of sp³-hybridized carbons (Fsp3) is 0.500. The lowest BCUT2D eigenvalue weighted by Gasteiger charge is -2.09. The molecule has 134 valence electrons. The highest BCUT2D eigenvalue weighted by Gasteiger charge is 2.22. The third kappa shape index (κ3) is 4.69. The van der Waals surface area contributed by atoms with Gasteiger partial charge >= 0.3 is 0 Å². The molecule has 5 nitrogen and oxygen atoms in total. The lowest BCUT2D eigenvalue weighted by molar-refractivity contribution is -0.116. The number of anilines is 1. The zero-order chi connectivity index (χ0) is 17.5. The summed E-state index contributed by atoms with van der Waals surface area (Å²) < 4.78 is 7.16. The standard InChI is InChI=1S/C20H27N3O2/c1-2-25-14-8-13-20(24)21-19-15-18(16-9-6-7-10-16)22-23(19)17-11-4-3-5-12-17/h3-5,11-12,15-16H,2,6-10,13-14H2,1H3,(H,21,24). The largest absolute Gasteiger partial charge is 0.382 e. The van der Waals surface area contributed by atoms with Crippen molar-refractivity contribution in [3.63, 3.8) is 0 Å². The maximum Gasteiger partial charge on any atom is 0.225 e. The van der Waals surface area contributed by atoms with Crippen LogP contribution in [0.25, 0.3) is 5.69 Å². The van der Waals surface area contributed by atoms with Gasteiger partial charge in [0.05, 0.1) is 11.4 Å². The number of ether oxygens (including phenoxy) is 1. The number of nitrogens with one attached hydrogen (secondary N) is 1. The molecule has 3 rings (SSSR count). The van der Waals surface area contributed by atoms with Gasteiger partial charge in [-0.3, -0.25) is 4.79 Å². The normalized spacial score (nSPS) is 14.8. The summed E-state index contributed by atoms with van der Waals surface area (Å²) in [5, 5.41) is 7.84.